The number of hydrogen-bond acceptors (Lipinski definition) is 3. The Morgan fingerprint density at radius 3 is 2.73 bits per heavy atom. The van der Waals surface area contributed by atoms with Crippen molar-refractivity contribution in [2.75, 3.05) is 6.54 Å². The van der Waals surface area contributed by atoms with Crippen LogP contribution in [0, 0.1) is 0 Å². The molecule has 1 fully saturated rings. The number of nitrogens with one attached hydrogen (secondary N) is 3. The first-order valence-corrected chi connectivity index (χ1v) is 5.26. The molecule has 15 heavy (non-hydrogen) atoms. The highest BCUT2D eigenvalue weighted by molar-refractivity contribution is 5.88. The molecule has 0 radical (unpaired) electrons. The monoisotopic (exact) mass is 213 g/mol. The van der Waals surface area contributed by atoms with Crippen molar-refractivity contribution in [1.82, 2.24) is 16.1 Å². The fourth-order valence-corrected chi connectivity index (χ4v) is 1.10. The molecule has 86 valence electrons. The summed E-state index contributed by atoms with van der Waals surface area (Å²) >= 11 is 0. The molecule has 6 heteroatoms. The number of guanidine groups is 1. The summed E-state index contributed by atoms with van der Waals surface area (Å²) in [5.41, 5.74) is 2.46. The molecular weight excluding hydrogens is 194 g/mol. The number of amides is 1. The molecule has 0 bridgehead atoms. The van der Waals surface area contributed by atoms with Crippen molar-refractivity contribution in [3.63, 3.8) is 0 Å². The molecule has 0 spiro atoms. The Morgan fingerprint density at radius 2 is 2.27 bits per heavy atom. The van der Waals surface area contributed by atoms with E-state index in [-0.39, 0.29) is 11.9 Å². The van der Waals surface area contributed by atoms with Crippen LogP contribution in [0.5, 0.6) is 0 Å². The van der Waals surface area contributed by atoms with Crippen molar-refractivity contribution in [2.24, 2.45) is 10.8 Å². The zero-order chi connectivity index (χ0) is 11.3. The van der Waals surface area contributed by atoms with Crippen LogP contribution in [-0.4, -0.2) is 30.5 Å². The lowest BCUT2D eigenvalue weighted by Crippen LogP contribution is -2.51. The molecule has 1 rings (SSSR count). The van der Waals surface area contributed by atoms with Gasteiger partial charge in [-0.2, -0.15) is 0 Å². The lowest BCUT2D eigenvalue weighted by molar-refractivity contribution is -0.122. The molecule has 1 amide bonds. The largest absolute Gasteiger partial charge is 0.355 e. The molecule has 5 N–H and O–H groups in total. The van der Waals surface area contributed by atoms with Crippen molar-refractivity contribution in [1.29, 1.82) is 0 Å². The molecule has 1 aliphatic rings. The maximum atomic E-state index is 11.4. The minimum Gasteiger partial charge on any atom is -0.355 e. The minimum absolute atomic E-state index is 0.0590. The summed E-state index contributed by atoms with van der Waals surface area (Å²) < 4.78 is 0. The smallest absolute Gasteiger partial charge is 0.242 e. The standard InChI is InChI=1S/C9H19N5O/c1-3-11-8(15)6(2)12-9(14-10)13-7-4-5-7/h6-7H,3-5,10H2,1-2H3,(H,11,15)(H2,12,13,14). The number of hydrogen-bond donors (Lipinski definition) is 4. The summed E-state index contributed by atoms with van der Waals surface area (Å²) in [7, 11) is 0. The van der Waals surface area contributed by atoms with Gasteiger partial charge in [-0.05, 0) is 26.7 Å². The van der Waals surface area contributed by atoms with Crippen LogP contribution < -0.4 is 21.9 Å². The molecule has 1 unspecified atom stereocenters. The van der Waals surface area contributed by atoms with Crippen molar-refractivity contribution < 1.29 is 4.79 Å². The zero-order valence-electron chi connectivity index (χ0n) is 9.21. The fourth-order valence-electron chi connectivity index (χ4n) is 1.10. The summed E-state index contributed by atoms with van der Waals surface area (Å²) in [4.78, 5) is 15.7. The second-order valence-corrected chi connectivity index (χ2v) is 3.61. The molecule has 0 aliphatic heterocycles. The maximum absolute atomic E-state index is 11.4. The van der Waals surface area contributed by atoms with E-state index in [1.54, 1.807) is 6.92 Å². The van der Waals surface area contributed by atoms with E-state index in [2.05, 4.69) is 21.1 Å². The normalized spacial score (nSPS) is 18.2. The van der Waals surface area contributed by atoms with E-state index in [0.29, 0.717) is 18.5 Å². The summed E-state index contributed by atoms with van der Waals surface area (Å²) in [6.45, 7) is 4.27. The highest BCUT2D eigenvalue weighted by atomic mass is 16.2. The highest BCUT2D eigenvalue weighted by Crippen LogP contribution is 2.23. The highest BCUT2D eigenvalue weighted by Gasteiger charge is 2.22. The van der Waals surface area contributed by atoms with Crippen LogP contribution in [0.25, 0.3) is 0 Å². The van der Waals surface area contributed by atoms with Crippen LogP contribution in [-0.2, 0) is 4.79 Å². The Bertz CT molecular complexity index is 249. The molecule has 0 heterocycles. The summed E-state index contributed by atoms with van der Waals surface area (Å²) in [6, 6.07) is 0.0310. The van der Waals surface area contributed by atoms with Gasteiger partial charge in [-0.15, -0.1) is 0 Å². The topological polar surface area (TPSA) is 91.5 Å². The van der Waals surface area contributed by atoms with Crippen LogP contribution in [0.1, 0.15) is 26.7 Å². The van der Waals surface area contributed by atoms with Gasteiger partial charge in [0.05, 0.1) is 6.04 Å². The Kier molecular flexibility index (Phi) is 4.36. The molecule has 0 aromatic carbocycles. The van der Waals surface area contributed by atoms with Crippen LogP contribution in [0.4, 0.5) is 0 Å². The first-order valence-electron chi connectivity index (χ1n) is 5.26. The van der Waals surface area contributed by atoms with E-state index in [0.717, 1.165) is 12.8 Å². The maximum Gasteiger partial charge on any atom is 0.242 e. The van der Waals surface area contributed by atoms with Crippen LogP contribution in [0.15, 0.2) is 4.99 Å². The molecule has 1 saturated carbocycles. The van der Waals surface area contributed by atoms with Gasteiger partial charge in [0.1, 0.15) is 6.04 Å². The third kappa shape index (κ3) is 4.16. The van der Waals surface area contributed by atoms with E-state index in [4.69, 9.17) is 5.84 Å². The van der Waals surface area contributed by atoms with E-state index < -0.39 is 0 Å². The number of hydrazine groups is 1. The predicted octanol–water partition coefficient (Wildman–Crippen LogP) is -0.918. The van der Waals surface area contributed by atoms with Gasteiger partial charge in [0.25, 0.3) is 0 Å². The second-order valence-electron chi connectivity index (χ2n) is 3.61. The van der Waals surface area contributed by atoms with Gasteiger partial charge >= 0.3 is 0 Å². The Morgan fingerprint density at radius 1 is 1.60 bits per heavy atom. The predicted molar refractivity (Wildman–Crippen MR) is 59.1 cm³/mol. The second kappa shape index (κ2) is 5.55. The zero-order valence-corrected chi connectivity index (χ0v) is 9.21. The van der Waals surface area contributed by atoms with Crippen LogP contribution in [0.3, 0.4) is 0 Å². The quantitative estimate of drug-likeness (QED) is 0.210. The molecule has 0 aromatic heterocycles. The van der Waals surface area contributed by atoms with Gasteiger partial charge in [-0.25, -0.2) is 10.8 Å². The molecule has 6 nitrogen and oxygen atoms in total. The molecule has 1 atom stereocenters. The van der Waals surface area contributed by atoms with Crippen molar-refractivity contribution >= 4 is 11.9 Å². The summed E-state index contributed by atoms with van der Waals surface area (Å²) in [6.07, 6.45) is 2.20. The SMILES string of the molecule is CCNC(=O)C(C)NC(=NC1CC1)NN. The van der Waals surface area contributed by atoms with Crippen molar-refractivity contribution in [2.45, 2.75) is 38.8 Å². The molecule has 0 aromatic rings. The van der Waals surface area contributed by atoms with E-state index in [1.165, 1.54) is 0 Å². The Labute approximate surface area is 89.7 Å². The van der Waals surface area contributed by atoms with Gasteiger partial charge in [0.2, 0.25) is 11.9 Å². The number of carbonyl (C=O) groups is 1. The van der Waals surface area contributed by atoms with Gasteiger partial charge in [0.15, 0.2) is 0 Å². The summed E-state index contributed by atoms with van der Waals surface area (Å²) in [5, 5.41) is 5.64. The van der Waals surface area contributed by atoms with Gasteiger partial charge in [-0.3, -0.25) is 10.2 Å². The van der Waals surface area contributed by atoms with Crippen molar-refractivity contribution in [3.8, 4) is 0 Å². The fraction of sp³-hybridized carbons (Fsp3) is 0.778. The average Bonchev–Trinajstić information content (AvgIpc) is 3.00. The summed E-state index contributed by atoms with van der Waals surface area (Å²) in [5.74, 6) is 5.72. The molecule has 1 aliphatic carbocycles. The first-order chi connectivity index (χ1) is 7.17. The first kappa shape index (κ1) is 11.8. The lowest BCUT2D eigenvalue weighted by Gasteiger charge is -2.15. The van der Waals surface area contributed by atoms with E-state index >= 15 is 0 Å². The number of aliphatic imine (C=N–C) groups is 1. The Balaban J connectivity index is 2.39. The molecule has 0 saturated heterocycles. The number of carbonyl (C=O) groups excluding carboxylic acids is 1. The number of nitrogens with zero attached hydrogens (tertiary/aromatic N) is 1. The van der Waals surface area contributed by atoms with Crippen LogP contribution >= 0.6 is 0 Å². The molecular formula is C9H19N5O. The number of nitrogens with two attached hydrogens (primary N) is 1. The van der Waals surface area contributed by atoms with E-state index in [9.17, 15) is 4.79 Å². The number of likely N-dealkylation sites (N-methyl/N-ethyl adjacent to an activating group) is 1. The van der Waals surface area contributed by atoms with Gasteiger partial charge in [-0.1, -0.05) is 0 Å². The third-order valence-corrected chi connectivity index (χ3v) is 2.09. The van der Waals surface area contributed by atoms with Gasteiger partial charge < -0.3 is 10.6 Å². The number of rotatable bonds is 4. The minimum atomic E-state index is -0.335. The van der Waals surface area contributed by atoms with Crippen molar-refractivity contribution in [3.05, 3.63) is 0 Å². The van der Waals surface area contributed by atoms with Crippen LogP contribution in [0.2, 0.25) is 0 Å². The Hall–Kier alpha value is -1.30. The average molecular weight is 213 g/mol. The van der Waals surface area contributed by atoms with Gasteiger partial charge in [0, 0.05) is 6.54 Å². The third-order valence-electron chi connectivity index (χ3n) is 2.09. The van der Waals surface area contributed by atoms with E-state index in [1.807, 2.05) is 6.92 Å². The lowest BCUT2D eigenvalue weighted by atomic mass is 10.3.